The van der Waals surface area contributed by atoms with Crippen molar-refractivity contribution in [3.8, 4) is 0 Å². The van der Waals surface area contributed by atoms with E-state index in [0.29, 0.717) is 43.2 Å². The Morgan fingerprint density at radius 3 is 2.00 bits per heavy atom. The highest BCUT2D eigenvalue weighted by molar-refractivity contribution is 7.89. The van der Waals surface area contributed by atoms with Crippen LogP contribution in [0.4, 0.5) is 5.69 Å². The maximum absolute atomic E-state index is 12.7. The van der Waals surface area contributed by atoms with Crippen LogP contribution in [0.3, 0.4) is 0 Å². The van der Waals surface area contributed by atoms with Gasteiger partial charge in [0.25, 0.3) is 5.69 Å². The van der Waals surface area contributed by atoms with E-state index in [4.69, 9.17) is 19.8 Å². The summed E-state index contributed by atoms with van der Waals surface area (Å²) in [5.74, 6) is -3.65. The van der Waals surface area contributed by atoms with Gasteiger partial charge < -0.3 is 10.2 Å². The Balaban J connectivity index is 0.000000534. The summed E-state index contributed by atoms with van der Waals surface area (Å²) in [6.45, 7) is 4.18. The molecule has 0 saturated carbocycles. The van der Waals surface area contributed by atoms with Crippen LogP contribution in [0.5, 0.6) is 0 Å². The molecule has 1 aliphatic heterocycles. The zero-order chi connectivity index (χ0) is 23.9. The fraction of sp³-hybridized carbons (Fsp3) is 0.300. The minimum absolute atomic E-state index is 0.0993. The van der Waals surface area contributed by atoms with Crippen LogP contribution in [0.15, 0.2) is 53.4 Å². The minimum Gasteiger partial charge on any atom is -0.473 e. The largest absolute Gasteiger partial charge is 0.473 e. The molecule has 32 heavy (non-hydrogen) atoms. The van der Waals surface area contributed by atoms with Gasteiger partial charge in [0.2, 0.25) is 10.0 Å². The Bertz CT molecular complexity index is 1070. The van der Waals surface area contributed by atoms with E-state index in [-0.39, 0.29) is 10.6 Å². The Hall–Kier alpha value is -3.35. The van der Waals surface area contributed by atoms with E-state index in [1.165, 1.54) is 10.4 Å². The number of benzene rings is 2. The van der Waals surface area contributed by atoms with Crippen molar-refractivity contribution in [1.29, 1.82) is 0 Å². The molecule has 3 rings (SSSR count). The number of piperazine rings is 1. The van der Waals surface area contributed by atoms with E-state index < -0.39 is 22.0 Å². The number of nitro benzene ring substituents is 1. The second-order valence-electron chi connectivity index (χ2n) is 6.99. The molecule has 0 amide bonds. The van der Waals surface area contributed by atoms with Gasteiger partial charge in [-0.05, 0) is 19.1 Å². The van der Waals surface area contributed by atoms with Crippen molar-refractivity contribution in [2.75, 3.05) is 26.2 Å². The first-order chi connectivity index (χ1) is 15.0. The van der Waals surface area contributed by atoms with Gasteiger partial charge in [-0.25, -0.2) is 18.0 Å². The van der Waals surface area contributed by atoms with E-state index >= 15 is 0 Å². The van der Waals surface area contributed by atoms with Gasteiger partial charge in [-0.15, -0.1) is 0 Å². The topological polar surface area (TPSA) is 158 Å². The Labute approximate surface area is 184 Å². The maximum Gasteiger partial charge on any atom is 0.414 e. The second kappa shape index (κ2) is 10.8. The summed E-state index contributed by atoms with van der Waals surface area (Å²) in [5.41, 5.74) is 1.76. The lowest BCUT2D eigenvalue weighted by Gasteiger charge is -2.33. The Morgan fingerprint density at radius 2 is 1.50 bits per heavy atom. The summed E-state index contributed by atoms with van der Waals surface area (Å²) in [6, 6.07) is 13.5. The smallest absolute Gasteiger partial charge is 0.414 e. The first-order valence-corrected chi connectivity index (χ1v) is 10.9. The van der Waals surface area contributed by atoms with Gasteiger partial charge in [-0.3, -0.25) is 15.0 Å². The average molecular weight is 465 g/mol. The minimum atomic E-state index is -3.50. The predicted molar refractivity (Wildman–Crippen MR) is 114 cm³/mol. The first kappa shape index (κ1) is 24.9. The maximum atomic E-state index is 12.7. The summed E-state index contributed by atoms with van der Waals surface area (Å²) < 4.78 is 26.9. The van der Waals surface area contributed by atoms with Crippen molar-refractivity contribution in [3.05, 3.63) is 69.8 Å². The summed E-state index contributed by atoms with van der Waals surface area (Å²) in [5, 5.41) is 25.9. The molecule has 0 bridgehead atoms. The van der Waals surface area contributed by atoms with E-state index in [9.17, 15) is 18.5 Å². The monoisotopic (exact) mass is 465 g/mol. The molecule has 0 aromatic heterocycles. The molecule has 172 valence electrons. The number of aliphatic carboxylic acids is 2. The Kier molecular flexibility index (Phi) is 8.41. The van der Waals surface area contributed by atoms with Crippen molar-refractivity contribution in [2.24, 2.45) is 0 Å². The number of sulfonamides is 1. The second-order valence-corrected chi connectivity index (χ2v) is 8.93. The quantitative estimate of drug-likeness (QED) is 0.380. The summed E-state index contributed by atoms with van der Waals surface area (Å²) >= 11 is 0. The molecule has 0 spiro atoms. The number of rotatable bonds is 5. The molecule has 1 saturated heterocycles. The van der Waals surface area contributed by atoms with Crippen molar-refractivity contribution >= 4 is 27.6 Å². The molecule has 2 aromatic carbocycles. The summed E-state index contributed by atoms with van der Waals surface area (Å²) in [6.07, 6.45) is 0. The number of nitrogens with zero attached hydrogens (tertiary/aromatic N) is 3. The molecular weight excluding hydrogens is 442 g/mol. The van der Waals surface area contributed by atoms with Crippen molar-refractivity contribution in [2.45, 2.75) is 18.4 Å². The highest BCUT2D eigenvalue weighted by atomic mass is 32.2. The Morgan fingerprint density at radius 1 is 0.969 bits per heavy atom. The fourth-order valence-electron chi connectivity index (χ4n) is 3.05. The van der Waals surface area contributed by atoms with Gasteiger partial charge >= 0.3 is 11.9 Å². The molecule has 0 unspecified atom stereocenters. The highest BCUT2D eigenvalue weighted by Gasteiger charge is 2.29. The molecule has 2 aromatic rings. The summed E-state index contributed by atoms with van der Waals surface area (Å²) in [7, 11) is -3.50. The number of hydrogen-bond acceptors (Lipinski definition) is 7. The van der Waals surface area contributed by atoms with Gasteiger partial charge in [0.1, 0.15) is 0 Å². The molecule has 12 heteroatoms. The molecule has 0 radical (unpaired) electrons. The third kappa shape index (κ3) is 6.57. The van der Waals surface area contributed by atoms with Gasteiger partial charge in [0, 0.05) is 44.4 Å². The number of aryl methyl sites for hydroxylation is 1. The number of hydrogen-bond donors (Lipinski definition) is 2. The normalized spacial score (nSPS) is 14.8. The van der Waals surface area contributed by atoms with E-state index in [1.54, 1.807) is 42.5 Å². The van der Waals surface area contributed by atoms with Crippen LogP contribution in [0, 0.1) is 17.0 Å². The van der Waals surface area contributed by atoms with E-state index in [1.807, 2.05) is 11.8 Å². The lowest BCUT2D eigenvalue weighted by Crippen LogP contribution is -2.48. The molecule has 1 aliphatic rings. The zero-order valence-electron chi connectivity index (χ0n) is 17.2. The van der Waals surface area contributed by atoms with Crippen LogP contribution in [-0.4, -0.2) is 70.9 Å². The van der Waals surface area contributed by atoms with Gasteiger partial charge in [-0.2, -0.15) is 4.31 Å². The molecular formula is C20H23N3O8S. The van der Waals surface area contributed by atoms with Crippen LogP contribution >= 0.6 is 0 Å². The molecule has 1 fully saturated rings. The van der Waals surface area contributed by atoms with Crippen molar-refractivity contribution in [1.82, 2.24) is 9.21 Å². The lowest BCUT2D eigenvalue weighted by atomic mass is 10.1. The van der Waals surface area contributed by atoms with Crippen molar-refractivity contribution in [3.63, 3.8) is 0 Å². The van der Waals surface area contributed by atoms with Crippen LogP contribution in [-0.2, 0) is 26.2 Å². The highest BCUT2D eigenvalue weighted by Crippen LogP contribution is 2.22. The van der Waals surface area contributed by atoms with E-state index in [0.717, 1.165) is 5.56 Å². The molecule has 2 N–H and O–H groups in total. The number of carboxylic acid groups (broad SMARTS) is 2. The zero-order valence-corrected chi connectivity index (χ0v) is 18.1. The van der Waals surface area contributed by atoms with Crippen LogP contribution in [0.2, 0.25) is 0 Å². The van der Waals surface area contributed by atoms with Crippen molar-refractivity contribution < 1.29 is 33.1 Å². The molecule has 0 atom stereocenters. The van der Waals surface area contributed by atoms with Crippen LogP contribution < -0.4 is 0 Å². The SMILES string of the molecule is Cc1ccc(S(=O)(=O)N2CCN(Cc3ccccc3[N+](=O)[O-])CC2)cc1.O=C(O)C(=O)O. The number of carbonyl (C=O) groups is 2. The third-order valence-corrected chi connectivity index (χ3v) is 6.67. The number of carboxylic acids is 2. The molecule has 1 heterocycles. The lowest BCUT2D eigenvalue weighted by molar-refractivity contribution is -0.385. The predicted octanol–water partition coefficient (Wildman–Crippen LogP) is 1.57. The average Bonchev–Trinajstić information content (AvgIpc) is 2.75. The standard InChI is InChI=1S/C18H21N3O4S.C2H2O4/c1-15-6-8-17(9-7-15)26(24,25)20-12-10-19(11-13-20)14-16-4-2-3-5-18(16)21(22)23;3-1(4)2(5)6/h2-9H,10-14H2,1H3;(H,3,4)(H,5,6). The summed E-state index contributed by atoms with van der Waals surface area (Å²) in [4.78, 5) is 31.3. The first-order valence-electron chi connectivity index (χ1n) is 9.50. The third-order valence-electron chi connectivity index (χ3n) is 4.76. The number of para-hydroxylation sites is 1. The van der Waals surface area contributed by atoms with Gasteiger partial charge in [-0.1, -0.05) is 35.9 Å². The van der Waals surface area contributed by atoms with Crippen LogP contribution in [0.1, 0.15) is 11.1 Å². The number of nitro groups is 1. The fourth-order valence-corrected chi connectivity index (χ4v) is 4.47. The van der Waals surface area contributed by atoms with E-state index in [2.05, 4.69) is 0 Å². The van der Waals surface area contributed by atoms with Gasteiger partial charge in [0.05, 0.1) is 9.82 Å². The van der Waals surface area contributed by atoms with Gasteiger partial charge in [0.15, 0.2) is 0 Å². The van der Waals surface area contributed by atoms with Crippen LogP contribution in [0.25, 0.3) is 0 Å². The molecule has 11 nitrogen and oxygen atoms in total. The molecule has 0 aliphatic carbocycles.